The van der Waals surface area contributed by atoms with Crippen molar-refractivity contribution >= 4 is 29.4 Å². The molecule has 2 rings (SSSR count). The summed E-state index contributed by atoms with van der Waals surface area (Å²) >= 11 is 6.03. The van der Waals surface area contributed by atoms with Crippen LogP contribution in [-0.2, 0) is 4.74 Å². The molecule has 0 spiro atoms. The zero-order valence-electron chi connectivity index (χ0n) is 16.3. The van der Waals surface area contributed by atoms with Crippen LogP contribution in [0, 0.1) is 5.41 Å². The smallest absolute Gasteiger partial charge is 0.407 e. The average Bonchev–Trinajstić information content (AvgIpc) is 2.77. The Morgan fingerprint density at radius 2 is 2.15 bits per heavy atom. The molecule has 1 saturated heterocycles. The SMILES string of the molecule is CCOC(=O)c1cnc(Cl)cc1N[C@@H]1CCCN(C(=O)O)C(C(C)(C)C)C1. The van der Waals surface area contributed by atoms with Crippen LogP contribution in [-0.4, -0.2) is 52.3 Å². The molecule has 1 fully saturated rings. The van der Waals surface area contributed by atoms with Gasteiger partial charge in [-0.1, -0.05) is 32.4 Å². The first-order valence-corrected chi connectivity index (χ1v) is 9.60. The van der Waals surface area contributed by atoms with Crippen molar-refractivity contribution in [3.8, 4) is 0 Å². The molecule has 27 heavy (non-hydrogen) atoms. The molecule has 1 aliphatic heterocycles. The Labute approximate surface area is 165 Å². The lowest BCUT2D eigenvalue weighted by molar-refractivity contribution is 0.0527. The van der Waals surface area contributed by atoms with E-state index in [1.54, 1.807) is 13.0 Å². The molecule has 1 unspecified atom stereocenters. The monoisotopic (exact) mass is 397 g/mol. The van der Waals surface area contributed by atoms with Crippen LogP contribution in [0.25, 0.3) is 0 Å². The van der Waals surface area contributed by atoms with Crippen molar-refractivity contribution in [2.75, 3.05) is 18.5 Å². The van der Waals surface area contributed by atoms with Crippen LogP contribution in [0.5, 0.6) is 0 Å². The van der Waals surface area contributed by atoms with Crippen LogP contribution in [0.4, 0.5) is 10.5 Å². The molecule has 0 aromatic carbocycles. The molecule has 1 aromatic rings. The van der Waals surface area contributed by atoms with Gasteiger partial charge in [-0.15, -0.1) is 0 Å². The number of ether oxygens (including phenoxy) is 1. The maximum atomic E-state index is 12.2. The van der Waals surface area contributed by atoms with E-state index in [9.17, 15) is 14.7 Å². The lowest BCUT2D eigenvalue weighted by atomic mass is 9.82. The Balaban J connectivity index is 2.27. The van der Waals surface area contributed by atoms with Crippen molar-refractivity contribution in [3.63, 3.8) is 0 Å². The van der Waals surface area contributed by atoms with Crippen molar-refractivity contribution in [2.45, 2.75) is 59.0 Å². The number of aromatic nitrogens is 1. The highest BCUT2D eigenvalue weighted by molar-refractivity contribution is 6.29. The molecule has 2 atom stereocenters. The number of carbonyl (C=O) groups excluding carboxylic acids is 1. The van der Waals surface area contributed by atoms with E-state index in [0.29, 0.717) is 24.2 Å². The molecule has 0 saturated carbocycles. The number of carboxylic acid groups (broad SMARTS) is 1. The molecule has 8 heteroatoms. The molecule has 1 amide bonds. The fourth-order valence-electron chi connectivity index (χ4n) is 3.50. The molecule has 0 bridgehead atoms. The summed E-state index contributed by atoms with van der Waals surface area (Å²) in [6, 6.07) is 1.48. The Morgan fingerprint density at radius 3 is 2.74 bits per heavy atom. The van der Waals surface area contributed by atoms with Crippen LogP contribution in [0.15, 0.2) is 12.3 Å². The predicted octanol–water partition coefficient (Wildman–Crippen LogP) is 4.27. The van der Waals surface area contributed by atoms with Gasteiger partial charge in [0.25, 0.3) is 0 Å². The second kappa shape index (κ2) is 8.78. The van der Waals surface area contributed by atoms with Gasteiger partial charge in [0, 0.05) is 24.8 Å². The second-order valence-electron chi connectivity index (χ2n) is 7.85. The highest BCUT2D eigenvalue weighted by atomic mass is 35.5. The van der Waals surface area contributed by atoms with Gasteiger partial charge in [-0.05, 0) is 37.7 Å². The number of rotatable bonds is 4. The van der Waals surface area contributed by atoms with E-state index in [1.165, 1.54) is 11.1 Å². The highest BCUT2D eigenvalue weighted by Crippen LogP contribution is 2.33. The van der Waals surface area contributed by atoms with Crippen LogP contribution >= 0.6 is 11.6 Å². The van der Waals surface area contributed by atoms with Crippen LogP contribution in [0.1, 0.15) is 57.3 Å². The molecule has 1 aliphatic rings. The van der Waals surface area contributed by atoms with E-state index in [1.807, 2.05) is 20.8 Å². The van der Waals surface area contributed by atoms with Crippen LogP contribution in [0.3, 0.4) is 0 Å². The van der Waals surface area contributed by atoms with E-state index < -0.39 is 12.1 Å². The van der Waals surface area contributed by atoms with Gasteiger partial charge in [0.05, 0.1) is 12.3 Å². The summed E-state index contributed by atoms with van der Waals surface area (Å²) in [6.45, 7) is 8.64. The second-order valence-corrected chi connectivity index (χ2v) is 8.24. The molecule has 150 valence electrons. The van der Waals surface area contributed by atoms with Gasteiger partial charge in [0.1, 0.15) is 10.7 Å². The Morgan fingerprint density at radius 1 is 1.44 bits per heavy atom. The molecule has 0 aliphatic carbocycles. The normalized spacial score (nSPS) is 20.7. The summed E-state index contributed by atoms with van der Waals surface area (Å²) in [4.78, 5) is 29.4. The van der Waals surface area contributed by atoms with Crippen molar-refractivity contribution in [1.29, 1.82) is 0 Å². The number of amides is 1. The number of pyridine rings is 1. The number of halogens is 1. The third-order valence-electron chi connectivity index (χ3n) is 4.81. The Kier molecular flexibility index (Phi) is 6.92. The maximum absolute atomic E-state index is 12.2. The lowest BCUT2D eigenvalue weighted by Gasteiger charge is -2.38. The van der Waals surface area contributed by atoms with Crippen molar-refractivity contribution in [1.82, 2.24) is 9.88 Å². The minimum Gasteiger partial charge on any atom is -0.465 e. The first-order valence-electron chi connectivity index (χ1n) is 9.22. The molecule has 2 N–H and O–H groups in total. The van der Waals surface area contributed by atoms with Crippen molar-refractivity contribution in [2.24, 2.45) is 5.41 Å². The number of carbonyl (C=O) groups is 2. The van der Waals surface area contributed by atoms with E-state index >= 15 is 0 Å². The molecule has 7 nitrogen and oxygen atoms in total. The van der Waals surface area contributed by atoms with E-state index in [2.05, 4.69) is 10.3 Å². The summed E-state index contributed by atoms with van der Waals surface area (Å²) in [5, 5.41) is 13.3. The van der Waals surface area contributed by atoms with E-state index in [0.717, 1.165) is 12.8 Å². The van der Waals surface area contributed by atoms with E-state index in [4.69, 9.17) is 16.3 Å². The van der Waals surface area contributed by atoms with Gasteiger partial charge in [-0.2, -0.15) is 0 Å². The molecule has 2 heterocycles. The quantitative estimate of drug-likeness (QED) is 0.582. The largest absolute Gasteiger partial charge is 0.465 e. The van der Waals surface area contributed by atoms with Crippen molar-refractivity contribution < 1.29 is 19.4 Å². The fourth-order valence-corrected chi connectivity index (χ4v) is 3.66. The molecule has 0 radical (unpaired) electrons. The van der Waals surface area contributed by atoms with E-state index in [-0.39, 0.29) is 29.3 Å². The third kappa shape index (κ3) is 5.48. The van der Waals surface area contributed by atoms with Crippen molar-refractivity contribution in [3.05, 3.63) is 23.0 Å². The topological polar surface area (TPSA) is 91.8 Å². The average molecular weight is 398 g/mol. The minimum absolute atomic E-state index is 0.00483. The predicted molar refractivity (Wildman–Crippen MR) is 104 cm³/mol. The number of hydrogen-bond donors (Lipinski definition) is 2. The molecule has 1 aromatic heterocycles. The highest BCUT2D eigenvalue weighted by Gasteiger charge is 2.37. The van der Waals surface area contributed by atoms with Gasteiger partial charge in [0.15, 0.2) is 0 Å². The maximum Gasteiger partial charge on any atom is 0.407 e. The Bertz CT molecular complexity index is 690. The number of nitrogens with zero attached hydrogens (tertiary/aromatic N) is 2. The van der Waals surface area contributed by atoms with Gasteiger partial charge in [0.2, 0.25) is 0 Å². The fraction of sp³-hybridized carbons (Fsp3) is 0.632. The lowest BCUT2D eigenvalue weighted by Crippen LogP contribution is -2.47. The third-order valence-corrected chi connectivity index (χ3v) is 5.01. The van der Waals surface area contributed by atoms with Crippen LogP contribution < -0.4 is 5.32 Å². The number of hydrogen-bond acceptors (Lipinski definition) is 5. The zero-order valence-corrected chi connectivity index (χ0v) is 17.0. The summed E-state index contributed by atoms with van der Waals surface area (Å²) in [5.74, 6) is -0.461. The standard InChI is InChI=1S/C19H28ClN3O4/c1-5-27-17(24)13-11-21-16(20)10-14(13)22-12-7-6-8-23(18(25)26)15(9-12)19(2,3)4/h10-12,15H,5-9H2,1-4H3,(H,21,22)(H,25,26)/t12-,15?/m1/s1. The van der Waals surface area contributed by atoms with Gasteiger partial charge >= 0.3 is 12.1 Å². The first-order chi connectivity index (χ1) is 12.6. The number of nitrogens with one attached hydrogen (secondary N) is 1. The zero-order chi connectivity index (χ0) is 20.2. The first kappa shape index (κ1) is 21.3. The van der Waals surface area contributed by atoms with Gasteiger partial charge in [-0.3, -0.25) is 0 Å². The van der Waals surface area contributed by atoms with Crippen LogP contribution in [0.2, 0.25) is 5.15 Å². The molecular formula is C19H28ClN3O4. The summed E-state index contributed by atoms with van der Waals surface area (Å²) < 4.78 is 5.10. The summed E-state index contributed by atoms with van der Waals surface area (Å²) in [5.41, 5.74) is 0.686. The molecular weight excluding hydrogens is 370 g/mol. The Hall–Kier alpha value is -2.02. The summed E-state index contributed by atoms with van der Waals surface area (Å²) in [6.07, 6.45) is 2.68. The summed E-state index contributed by atoms with van der Waals surface area (Å²) in [7, 11) is 0. The number of likely N-dealkylation sites (tertiary alicyclic amines) is 1. The van der Waals surface area contributed by atoms with Gasteiger partial charge < -0.3 is 20.1 Å². The minimum atomic E-state index is -0.894. The number of anilines is 1. The number of esters is 1. The van der Waals surface area contributed by atoms with Gasteiger partial charge in [-0.25, -0.2) is 14.6 Å².